The van der Waals surface area contributed by atoms with E-state index in [1.165, 1.54) is 0 Å². The third-order valence-corrected chi connectivity index (χ3v) is 4.90. The van der Waals surface area contributed by atoms with E-state index in [0.29, 0.717) is 25.6 Å². The van der Waals surface area contributed by atoms with Crippen molar-refractivity contribution in [2.24, 2.45) is 5.92 Å². The van der Waals surface area contributed by atoms with Gasteiger partial charge in [-0.25, -0.2) is 0 Å². The lowest BCUT2D eigenvalue weighted by Gasteiger charge is -2.38. The Balaban J connectivity index is 1.89. The van der Waals surface area contributed by atoms with Crippen LogP contribution in [0.1, 0.15) is 40.5 Å². The molecule has 2 aliphatic heterocycles. The normalized spacial score (nSPS) is 25.7. The summed E-state index contributed by atoms with van der Waals surface area (Å²) in [5, 5.41) is 3.06. The molecule has 0 saturated carbocycles. The maximum absolute atomic E-state index is 12.6. The maximum Gasteiger partial charge on any atom is 0.243 e. The Morgan fingerprint density at radius 3 is 2.65 bits per heavy atom. The van der Waals surface area contributed by atoms with E-state index in [-0.39, 0.29) is 29.8 Å². The molecule has 2 rings (SSSR count). The summed E-state index contributed by atoms with van der Waals surface area (Å²) < 4.78 is 5.46. The van der Waals surface area contributed by atoms with E-state index in [0.717, 1.165) is 26.2 Å². The Morgan fingerprint density at radius 2 is 2.09 bits per heavy atom. The predicted octanol–water partition coefficient (Wildman–Crippen LogP) is 0.859. The molecule has 6 heteroatoms. The highest BCUT2D eigenvalue weighted by molar-refractivity contribution is 5.88. The van der Waals surface area contributed by atoms with Gasteiger partial charge in [-0.3, -0.25) is 14.5 Å². The van der Waals surface area contributed by atoms with Crippen LogP contribution < -0.4 is 5.32 Å². The summed E-state index contributed by atoms with van der Waals surface area (Å²) in [6.45, 7) is 12.0. The zero-order valence-corrected chi connectivity index (χ0v) is 14.9. The fourth-order valence-corrected chi connectivity index (χ4v) is 3.63. The standard InChI is InChI=1S/C17H31N3O3/c1-12(2)16(20-7-5-6-15(20)21)17(22)18-10-13(3)19-8-9-23-11-14(19)4/h12-14,16H,5-11H2,1-4H3,(H,18,22)/t13-,14+,16+/m1/s1. The van der Waals surface area contributed by atoms with Crippen molar-refractivity contribution >= 4 is 11.8 Å². The van der Waals surface area contributed by atoms with Gasteiger partial charge in [0.2, 0.25) is 11.8 Å². The number of morpholine rings is 1. The van der Waals surface area contributed by atoms with Gasteiger partial charge in [-0.2, -0.15) is 0 Å². The van der Waals surface area contributed by atoms with Crippen LogP contribution >= 0.6 is 0 Å². The Labute approximate surface area is 139 Å². The number of carbonyl (C=O) groups excluding carboxylic acids is 2. The van der Waals surface area contributed by atoms with Gasteiger partial charge in [0.05, 0.1) is 13.2 Å². The van der Waals surface area contributed by atoms with Crippen molar-refractivity contribution in [2.45, 2.75) is 58.7 Å². The number of nitrogens with one attached hydrogen (secondary N) is 1. The molecule has 2 heterocycles. The van der Waals surface area contributed by atoms with Gasteiger partial charge in [-0.05, 0) is 26.2 Å². The summed E-state index contributed by atoms with van der Waals surface area (Å²) in [5.74, 6) is 0.200. The van der Waals surface area contributed by atoms with E-state index >= 15 is 0 Å². The van der Waals surface area contributed by atoms with E-state index in [9.17, 15) is 9.59 Å². The zero-order valence-electron chi connectivity index (χ0n) is 14.9. The molecule has 3 atom stereocenters. The fourth-order valence-electron chi connectivity index (χ4n) is 3.63. The molecule has 0 radical (unpaired) electrons. The third-order valence-electron chi connectivity index (χ3n) is 4.90. The number of rotatable bonds is 6. The summed E-state index contributed by atoms with van der Waals surface area (Å²) in [6.07, 6.45) is 1.43. The highest BCUT2D eigenvalue weighted by Gasteiger charge is 2.35. The average Bonchev–Trinajstić information content (AvgIpc) is 2.91. The molecule has 2 saturated heterocycles. The van der Waals surface area contributed by atoms with E-state index < -0.39 is 0 Å². The van der Waals surface area contributed by atoms with Crippen LogP contribution in [-0.2, 0) is 14.3 Å². The van der Waals surface area contributed by atoms with E-state index in [1.54, 1.807) is 4.90 Å². The largest absolute Gasteiger partial charge is 0.379 e. The number of hydrogen-bond donors (Lipinski definition) is 1. The Hall–Kier alpha value is -1.14. The molecule has 0 aliphatic carbocycles. The molecule has 132 valence electrons. The van der Waals surface area contributed by atoms with Crippen LogP contribution in [0.5, 0.6) is 0 Å². The molecular formula is C17H31N3O3. The molecule has 6 nitrogen and oxygen atoms in total. The van der Waals surface area contributed by atoms with Crippen molar-refractivity contribution in [1.82, 2.24) is 15.1 Å². The second kappa shape index (κ2) is 8.11. The van der Waals surface area contributed by atoms with Crippen molar-refractivity contribution < 1.29 is 14.3 Å². The van der Waals surface area contributed by atoms with Crippen LogP contribution in [-0.4, -0.2) is 72.6 Å². The number of carbonyl (C=O) groups is 2. The van der Waals surface area contributed by atoms with Crippen LogP contribution in [0.15, 0.2) is 0 Å². The van der Waals surface area contributed by atoms with Gasteiger partial charge in [-0.15, -0.1) is 0 Å². The topological polar surface area (TPSA) is 61.9 Å². The summed E-state index contributed by atoms with van der Waals surface area (Å²) in [4.78, 5) is 28.7. The highest BCUT2D eigenvalue weighted by Crippen LogP contribution is 2.19. The number of ether oxygens (including phenoxy) is 1. The summed E-state index contributed by atoms with van der Waals surface area (Å²) >= 11 is 0. The molecule has 0 aromatic carbocycles. The molecule has 0 spiro atoms. The summed E-state index contributed by atoms with van der Waals surface area (Å²) in [5.41, 5.74) is 0. The number of hydrogen-bond acceptors (Lipinski definition) is 4. The van der Waals surface area contributed by atoms with Crippen molar-refractivity contribution in [1.29, 1.82) is 0 Å². The Morgan fingerprint density at radius 1 is 1.35 bits per heavy atom. The van der Waals surface area contributed by atoms with E-state index in [2.05, 4.69) is 24.1 Å². The van der Waals surface area contributed by atoms with Crippen LogP contribution in [0.2, 0.25) is 0 Å². The molecule has 0 bridgehead atoms. The smallest absolute Gasteiger partial charge is 0.243 e. The van der Waals surface area contributed by atoms with Crippen molar-refractivity contribution in [3.8, 4) is 0 Å². The van der Waals surface area contributed by atoms with Crippen LogP contribution in [0.4, 0.5) is 0 Å². The lowest BCUT2D eigenvalue weighted by atomic mass is 10.0. The van der Waals surface area contributed by atoms with Crippen molar-refractivity contribution in [2.75, 3.05) is 32.8 Å². The first-order valence-corrected chi connectivity index (χ1v) is 8.82. The van der Waals surface area contributed by atoms with Gasteiger partial charge in [-0.1, -0.05) is 13.8 Å². The van der Waals surface area contributed by atoms with E-state index in [1.807, 2.05) is 13.8 Å². The molecule has 1 N–H and O–H groups in total. The highest BCUT2D eigenvalue weighted by atomic mass is 16.5. The second-order valence-electron chi connectivity index (χ2n) is 7.14. The average molecular weight is 325 g/mol. The van der Waals surface area contributed by atoms with Gasteiger partial charge < -0.3 is 15.0 Å². The third kappa shape index (κ3) is 4.44. The first kappa shape index (κ1) is 18.2. The predicted molar refractivity (Wildman–Crippen MR) is 89.0 cm³/mol. The van der Waals surface area contributed by atoms with Gasteiger partial charge in [0.15, 0.2) is 0 Å². The quantitative estimate of drug-likeness (QED) is 0.787. The molecule has 0 unspecified atom stereocenters. The van der Waals surface area contributed by atoms with Gasteiger partial charge in [0, 0.05) is 38.1 Å². The van der Waals surface area contributed by atoms with Gasteiger partial charge in [0.1, 0.15) is 6.04 Å². The lowest BCUT2D eigenvalue weighted by molar-refractivity contribution is -0.139. The number of likely N-dealkylation sites (tertiary alicyclic amines) is 1. The van der Waals surface area contributed by atoms with Crippen LogP contribution in [0, 0.1) is 5.92 Å². The molecule has 0 aromatic rings. The first-order chi connectivity index (χ1) is 10.9. The minimum atomic E-state index is -0.348. The molecule has 2 fully saturated rings. The van der Waals surface area contributed by atoms with Gasteiger partial charge in [0.25, 0.3) is 0 Å². The zero-order chi connectivity index (χ0) is 17.0. The fraction of sp³-hybridized carbons (Fsp3) is 0.882. The summed E-state index contributed by atoms with van der Waals surface area (Å²) in [6, 6.07) is 0.288. The molecular weight excluding hydrogens is 294 g/mol. The van der Waals surface area contributed by atoms with Crippen molar-refractivity contribution in [3.63, 3.8) is 0 Å². The Kier molecular flexibility index (Phi) is 6.41. The second-order valence-corrected chi connectivity index (χ2v) is 7.14. The Bertz CT molecular complexity index is 427. The molecule has 2 aliphatic rings. The minimum Gasteiger partial charge on any atom is -0.379 e. The van der Waals surface area contributed by atoms with Gasteiger partial charge >= 0.3 is 0 Å². The monoisotopic (exact) mass is 325 g/mol. The SMILES string of the molecule is CC(C)[C@@H](C(=O)NC[C@@H](C)N1CCOC[C@@H]1C)N1CCCC1=O. The summed E-state index contributed by atoms with van der Waals surface area (Å²) in [7, 11) is 0. The van der Waals surface area contributed by atoms with Crippen LogP contribution in [0.25, 0.3) is 0 Å². The minimum absolute atomic E-state index is 0.0250. The molecule has 2 amide bonds. The van der Waals surface area contributed by atoms with Crippen molar-refractivity contribution in [3.05, 3.63) is 0 Å². The maximum atomic E-state index is 12.6. The van der Waals surface area contributed by atoms with E-state index in [4.69, 9.17) is 4.74 Å². The van der Waals surface area contributed by atoms with Crippen LogP contribution in [0.3, 0.4) is 0 Å². The molecule has 23 heavy (non-hydrogen) atoms. The number of nitrogens with zero attached hydrogens (tertiary/aromatic N) is 2. The lowest BCUT2D eigenvalue weighted by Crippen LogP contribution is -2.55. The molecule has 0 aromatic heterocycles. The first-order valence-electron chi connectivity index (χ1n) is 8.82. The number of amides is 2.